The van der Waals surface area contributed by atoms with Gasteiger partial charge in [-0.1, -0.05) is 17.7 Å². The highest BCUT2D eigenvalue weighted by Crippen LogP contribution is 2.44. The third-order valence-electron chi connectivity index (χ3n) is 6.78. The first-order valence-electron chi connectivity index (χ1n) is 11.6. The molecule has 34 heavy (non-hydrogen) atoms. The van der Waals surface area contributed by atoms with E-state index in [1.807, 2.05) is 17.0 Å². The largest absolute Gasteiger partial charge is 0.493 e. The van der Waals surface area contributed by atoms with Crippen molar-refractivity contribution in [3.8, 4) is 17.2 Å². The van der Waals surface area contributed by atoms with Crippen molar-refractivity contribution in [1.29, 1.82) is 0 Å². The Morgan fingerprint density at radius 1 is 0.882 bits per heavy atom. The number of benzene rings is 2. The molecular formula is C26H31ClN2O5. The zero-order valence-corrected chi connectivity index (χ0v) is 20.6. The monoisotopic (exact) mass is 486 g/mol. The van der Waals surface area contributed by atoms with Crippen molar-refractivity contribution in [3.05, 3.63) is 52.5 Å². The molecule has 2 aliphatic heterocycles. The van der Waals surface area contributed by atoms with Gasteiger partial charge >= 0.3 is 0 Å². The molecule has 2 heterocycles. The van der Waals surface area contributed by atoms with Gasteiger partial charge in [0.25, 0.3) is 5.91 Å². The van der Waals surface area contributed by atoms with Gasteiger partial charge in [-0.15, -0.1) is 0 Å². The second kappa shape index (κ2) is 10.6. The third kappa shape index (κ3) is 4.80. The Labute approximate surface area is 205 Å². The first-order valence-corrected chi connectivity index (χ1v) is 12.0. The summed E-state index contributed by atoms with van der Waals surface area (Å²) in [7, 11) is 4.70. The van der Waals surface area contributed by atoms with E-state index in [1.54, 1.807) is 50.5 Å². The molecule has 0 saturated carbocycles. The molecule has 2 atom stereocenters. The SMILES string of the molecule is COc1cc(C2CN(C(=O)c3cccc(Cl)c3)CC2C(=O)N2CCCCC2)cc(OC)c1OC. The summed E-state index contributed by atoms with van der Waals surface area (Å²) in [5.74, 6) is 0.961. The van der Waals surface area contributed by atoms with Crippen LogP contribution in [0.1, 0.15) is 41.1 Å². The number of likely N-dealkylation sites (tertiary alicyclic amines) is 2. The van der Waals surface area contributed by atoms with Crippen molar-refractivity contribution >= 4 is 23.4 Å². The molecule has 2 aromatic rings. The number of ether oxygens (including phenoxy) is 3. The number of rotatable bonds is 6. The van der Waals surface area contributed by atoms with Crippen molar-refractivity contribution in [3.63, 3.8) is 0 Å². The van der Waals surface area contributed by atoms with Gasteiger partial charge in [0, 0.05) is 42.7 Å². The summed E-state index contributed by atoms with van der Waals surface area (Å²) in [6.45, 7) is 2.29. The third-order valence-corrected chi connectivity index (χ3v) is 7.01. The van der Waals surface area contributed by atoms with Crippen LogP contribution in [0, 0.1) is 5.92 Å². The second-order valence-electron chi connectivity index (χ2n) is 8.78. The molecule has 4 rings (SSSR count). The van der Waals surface area contributed by atoms with Crippen LogP contribution in [0.15, 0.2) is 36.4 Å². The number of piperidine rings is 1. The lowest BCUT2D eigenvalue weighted by molar-refractivity contribution is -0.136. The molecule has 2 fully saturated rings. The molecule has 0 radical (unpaired) electrons. The maximum Gasteiger partial charge on any atom is 0.253 e. The lowest BCUT2D eigenvalue weighted by Crippen LogP contribution is -2.42. The highest BCUT2D eigenvalue weighted by Gasteiger charge is 2.43. The van der Waals surface area contributed by atoms with Crippen LogP contribution < -0.4 is 14.2 Å². The Hall–Kier alpha value is -2.93. The summed E-state index contributed by atoms with van der Waals surface area (Å²) in [4.78, 5) is 30.7. The average molecular weight is 487 g/mol. The van der Waals surface area contributed by atoms with E-state index in [4.69, 9.17) is 25.8 Å². The van der Waals surface area contributed by atoms with Crippen LogP contribution in [0.5, 0.6) is 17.2 Å². The van der Waals surface area contributed by atoms with E-state index in [0.717, 1.165) is 37.9 Å². The van der Waals surface area contributed by atoms with Crippen molar-refractivity contribution in [2.24, 2.45) is 5.92 Å². The quantitative estimate of drug-likeness (QED) is 0.611. The summed E-state index contributed by atoms with van der Waals surface area (Å²) < 4.78 is 16.6. The Morgan fingerprint density at radius 2 is 1.56 bits per heavy atom. The predicted molar refractivity (Wildman–Crippen MR) is 130 cm³/mol. The second-order valence-corrected chi connectivity index (χ2v) is 9.21. The fourth-order valence-electron chi connectivity index (χ4n) is 5.03. The number of hydrogen-bond acceptors (Lipinski definition) is 5. The summed E-state index contributed by atoms with van der Waals surface area (Å²) in [5, 5.41) is 0.507. The first-order chi connectivity index (χ1) is 16.5. The molecule has 0 spiro atoms. The van der Waals surface area contributed by atoms with Crippen LogP contribution >= 0.6 is 11.6 Å². The average Bonchev–Trinajstić information content (AvgIpc) is 3.32. The fourth-order valence-corrected chi connectivity index (χ4v) is 5.22. The van der Waals surface area contributed by atoms with Crippen LogP contribution in [0.2, 0.25) is 5.02 Å². The summed E-state index contributed by atoms with van der Waals surface area (Å²) >= 11 is 6.12. The standard InChI is InChI=1S/C26H31ClN2O5/c1-32-22-13-18(14-23(33-2)24(22)34-3)20-15-29(25(30)17-8-7-9-19(27)12-17)16-21(20)26(31)28-10-5-4-6-11-28/h7-9,12-14,20-21H,4-6,10-11,15-16H2,1-3H3. The van der Waals surface area contributed by atoms with E-state index in [9.17, 15) is 9.59 Å². The molecule has 0 aliphatic carbocycles. The maximum absolute atomic E-state index is 13.7. The van der Waals surface area contributed by atoms with Gasteiger partial charge in [-0.05, 0) is 55.2 Å². The van der Waals surface area contributed by atoms with Crippen molar-refractivity contribution in [1.82, 2.24) is 9.80 Å². The van der Waals surface area contributed by atoms with Crippen LogP contribution in [0.4, 0.5) is 0 Å². The zero-order valence-electron chi connectivity index (χ0n) is 19.9. The van der Waals surface area contributed by atoms with Crippen molar-refractivity contribution < 1.29 is 23.8 Å². The predicted octanol–water partition coefficient (Wildman–Crippen LogP) is 4.23. The van der Waals surface area contributed by atoms with Crippen molar-refractivity contribution in [2.45, 2.75) is 25.2 Å². The van der Waals surface area contributed by atoms with Crippen LogP contribution in [0.25, 0.3) is 0 Å². The van der Waals surface area contributed by atoms with E-state index < -0.39 is 0 Å². The highest BCUT2D eigenvalue weighted by molar-refractivity contribution is 6.30. The Morgan fingerprint density at radius 3 is 2.15 bits per heavy atom. The lowest BCUT2D eigenvalue weighted by atomic mass is 9.87. The number of halogens is 1. The number of amides is 2. The number of carbonyl (C=O) groups excluding carboxylic acids is 2. The van der Waals surface area contributed by atoms with Gasteiger partial charge in [-0.2, -0.15) is 0 Å². The summed E-state index contributed by atoms with van der Waals surface area (Å²) in [6.07, 6.45) is 3.17. The normalized spacial score (nSPS) is 20.2. The Bertz CT molecular complexity index is 1030. The van der Waals surface area contributed by atoms with Gasteiger partial charge < -0.3 is 24.0 Å². The molecule has 2 amide bonds. The van der Waals surface area contributed by atoms with Gasteiger partial charge in [0.15, 0.2) is 11.5 Å². The Balaban J connectivity index is 1.70. The van der Waals surface area contributed by atoms with Gasteiger partial charge in [0.1, 0.15) is 0 Å². The highest BCUT2D eigenvalue weighted by atomic mass is 35.5. The van der Waals surface area contributed by atoms with E-state index >= 15 is 0 Å². The number of nitrogens with zero attached hydrogens (tertiary/aromatic N) is 2. The topological polar surface area (TPSA) is 68.3 Å². The van der Waals surface area contributed by atoms with Gasteiger partial charge in [-0.25, -0.2) is 0 Å². The molecule has 2 saturated heterocycles. The molecule has 8 heteroatoms. The van der Waals surface area contributed by atoms with Crippen LogP contribution in [0.3, 0.4) is 0 Å². The molecule has 7 nitrogen and oxygen atoms in total. The maximum atomic E-state index is 13.7. The van der Waals surface area contributed by atoms with Gasteiger partial charge in [0.2, 0.25) is 11.7 Å². The van der Waals surface area contributed by atoms with E-state index in [1.165, 1.54) is 0 Å². The molecule has 0 aromatic heterocycles. The minimum Gasteiger partial charge on any atom is -0.493 e. The fraction of sp³-hybridized carbons (Fsp3) is 0.462. The molecule has 2 aromatic carbocycles. The minimum absolute atomic E-state index is 0.0971. The molecule has 0 N–H and O–H groups in total. The van der Waals surface area contributed by atoms with E-state index in [0.29, 0.717) is 40.9 Å². The molecule has 2 aliphatic rings. The summed E-state index contributed by atoms with van der Waals surface area (Å²) in [6, 6.07) is 10.7. The number of methoxy groups -OCH3 is 3. The van der Waals surface area contributed by atoms with Crippen LogP contribution in [-0.2, 0) is 4.79 Å². The minimum atomic E-state index is -0.357. The molecule has 0 bridgehead atoms. The zero-order chi connectivity index (χ0) is 24.2. The van der Waals surface area contributed by atoms with Crippen LogP contribution in [-0.4, -0.2) is 69.1 Å². The molecule has 2 unspecified atom stereocenters. The van der Waals surface area contributed by atoms with E-state index in [2.05, 4.69) is 0 Å². The lowest BCUT2D eigenvalue weighted by Gasteiger charge is -2.31. The number of hydrogen-bond donors (Lipinski definition) is 0. The van der Waals surface area contributed by atoms with Gasteiger partial charge in [-0.3, -0.25) is 9.59 Å². The number of carbonyl (C=O) groups is 2. The Kier molecular flexibility index (Phi) is 7.51. The van der Waals surface area contributed by atoms with E-state index in [-0.39, 0.29) is 23.7 Å². The smallest absolute Gasteiger partial charge is 0.253 e. The molecule has 182 valence electrons. The molecular weight excluding hydrogens is 456 g/mol. The first kappa shape index (κ1) is 24.2. The summed E-state index contributed by atoms with van der Waals surface area (Å²) in [5.41, 5.74) is 1.40. The van der Waals surface area contributed by atoms with Gasteiger partial charge in [0.05, 0.1) is 27.2 Å². The van der Waals surface area contributed by atoms with Crippen molar-refractivity contribution in [2.75, 3.05) is 47.5 Å².